The average Bonchev–Trinajstić information content (AvgIpc) is 2.28. The monoisotopic (exact) mass is 244 g/mol. The quantitative estimate of drug-likeness (QED) is 0.406. The number of rotatable bonds is 7. The van der Waals surface area contributed by atoms with E-state index < -0.39 is 29.7 Å². The first-order valence-electron chi connectivity index (χ1n) is 5.17. The Bertz CT molecular complexity index is 329. The van der Waals surface area contributed by atoms with Gasteiger partial charge in [0.25, 0.3) is 0 Å². The zero-order valence-electron chi connectivity index (χ0n) is 10.1. The van der Waals surface area contributed by atoms with E-state index in [1.165, 1.54) is 0 Å². The van der Waals surface area contributed by atoms with Gasteiger partial charge in [-0.3, -0.25) is 9.59 Å². The Morgan fingerprint density at radius 1 is 1.18 bits per heavy atom. The van der Waals surface area contributed by atoms with Gasteiger partial charge in [0.15, 0.2) is 5.78 Å². The number of carbonyl (C=O) groups is 3. The SMILES string of the molecule is CCOC(=O)CC(=O)C(C)(N=N)C(=O)OCC. The number of hydrogen-bond donors (Lipinski definition) is 1. The molecule has 0 aromatic carbocycles. The van der Waals surface area contributed by atoms with Gasteiger partial charge in [0.2, 0.25) is 5.54 Å². The van der Waals surface area contributed by atoms with E-state index in [0.717, 1.165) is 6.92 Å². The molecular formula is C10H16N2O5. The normalized spacial score (nSPS) is 13.4. The van der Waals surface area contributed by atoms with E-state index in [0.29, 0.717) is 0 Å². The zero-order valence-corrected chi connectivity index (χ0v) is 10.1. The van der Waals surface area contributed by atoms with E-state index in [4.69, 9.17) is 5.53 Å². The van der Waals surface area contributed by atoms with Crippen LogP contribution in [0.1, 0.15) is 27.2 Å². The Morgan fingerprint density at radius 3 is 2.12 bits per heavy atom. The van der Waals surface area contributed by atoms with Crippen LogP contribution in [0.3, 0.4) is 0 Å². The third kappa shape index (κ3) is 3.93. The largest absolute Gasteiger partial charge is 0.466 e. The van der Waals surface area contributed by atoms with Crippen molar-refractivity contribution in [1.29, 1.82) is 5.53 Å². The molecule has 0 aliphatic heterocycles. The summed E-state index contributed by atoms with van der Waals surface area (Å²) in [6.07, 6.45) is -0.606. The van der Waals surface area contributed by atoms with Crippen LogP contribution in [0.4, 0.5) is 0 Å². The Hall–Kier alpha value is -1.79. The lowest BCUT2D eigenvalue weighted by Crippen LogP contribution is -2.44. The van der Waals surface area contributed by atoms with Crippen molar-refractivity contribution in [3.8, 4) is 0 Å². The van der Waals surface area contributed by atoms with Crippen LogP contribution in [0, 0.1) is 5.53 Å². The van der Waals surface area contributed by atoms with Crippen LogP contribution < -0.4 is 0 Å². The maximum atomic E-state index is 11.7. The first-order chi connectivity index (χ1) is 7.92. The van der Waals surface area contributed by atoms with Crippen molar-refractivity contribution >= 4 is 17.7 Å². The maximum Gasteiger partial charge on any atom is 0.343 e. The minimum atomic E-state index is -1.97. The summed E-state index contributed by atoms with van der Waals surface area (Å²) in [4.78, 5) is 34.2. The highest BCUT2D eigenvalue weighted by molar-refractivity contribution is 6.13. The summed E-state index contributed by atoms with van der Waals surface area (Å²) in [6.45, 7) is 4.51. The molecule has 0 aliphatic carbocycles. The third-order valence-electron chi connectivity index (χ3n) is 2.05. The van der Waals surface area contributed by atoms with Crippen molar-refractivity contribution in [3.05, 3.63) is 0 Å². The van der Waals surface area contributed by atoms with Gasteiger partial charge in [-0.1, -0.05) is 0 Å². The molecule has 0 saturated carbocycles. The van der Waals surface area contributed by atoms with E-state index in [9.17, 15) is 14.4 Å². The molecule has 0 aromatic rings. The minimum absolute atomic E-state index is 0.0661. The molecular weight excluding hydrogens is 228 g/mol. The van der Waals surface area contributed by atoms with Crippen molar-refractivity contribution < 1.29 is 23.9 Å². The number of esters is 2. The Kier molecular flexibility index (Phi) is 6.01. The number of hydrogen-bond acceptors (Lipinski definition) is 7. The Morgan fingerprint density at radius 2 is 1.71 bits per heavy atom. The lowest BCUT2D eigenvalue weighted by Gasteiger charge is -2.18. The van der Waals surface area contributed by atoms with E-state index in [2.05, 4.69) is 14.6 Å². The summed E-state index contributed by atoms with van der Waals surface area (Å²) in [6, 6.07) is 0. The molecule has 96 valence electrons. The zero-order chi connectivity index (χ0) is 13.5. The summed E-state index contributed by atoms with van der Waals surface area (Å²) in [5, 5.41) is 2.97. The molecule has 0 aromatic heterocycles. The van der Waals surface area contributed by atoms with Crippen molar-refractivity contribution in [3.63, 3.8) is 0 Å². The molecule has 0 fully saturated rings. The standard InChI is InChI=1S/C10H16N2O5/c1-4-16-8(14)6-7(13)10(3,12-11)9(15)17-5-2/h11H,4-6H2,1-3H3. The van der Waals surface area contributed by atoms with E-state index in [1.54, 1.807) is 13.8 Å². The lowest BCUT2D eigenvalue weighted by atomic mass is 9.95. The van der Waals surface area contributed by atoms with Gasteiger partial charge < -0.3 is 9.47 Å². The molecule has 7 nitrogen and oxygen atoms in total. The fourth-order valence-electron chi connectivity index (χ4n) is 1.01. The van der Waals surface area contributed by atoms with Crippen LogP contribution in [0.2, 0.25) is 0 Å². The molecule has 0 rings (SSSR count). The molecule has 7 heteroatoms. The molecule has 1 unspecified atom stereocenters. The van der Waals surface area contributed by atoms with Crippen LogP contribution in [0.5, 0.6) is 0 Å². The van der Waals surface area contributed by atoms with Crippen LogP contribution >= 0.6 is 0 Å². The number of ketones is 1. The maximum absolute atomic E-state index is 11.7. The smallest absolute Gasteiger partial charge is 0.343 e. The molecule has 0 bridgehead atoms. The average molecular weight is 244 g/mol. The second kappa shape index (κ2) is 6.72. The molecule has 0 saturated heterocycles. The minimum Gasteiger partial charge on any atom is -0.466 e. The summed E-state index contributed by atoms with van der Waals surface area (Å²) < 4.78 is 9.21. The lowest BCUT2D eigenvalue weighted by molar-refractivity contribution is -0.154. The number of nitrogens with one attached hydrogen (secondary N) is 1. The van der Waals surface area contributed by atoms with E-state index in [1.807, 2.05) is 0 Å². The van der Waals surface area contributed by atoms with Crippen molar-refractivity contribution in [2.75, 3.05) is 13.2 Å². The summed E-state index contributed by atoms with van der Waals surface area (Å²) >= 11 is 0. The van der Waals surface area contributed by atoms with E-state index >= 15 is 0 Å². The number of ether oxygens (including phenoxy) is 2. The van der Waals surface area contributed by atoms with E-state index in [-0.39, 0.29) is 13.2 Å². The fraction of sp³-hybridized carbons (Fsp3) is 0.700. The molecule has 0 heterocycles. The molecule has 0 radical (unpaired) electrons. The van der Waals surface area contributed by atoms with Crippen LogP contribution in [0.25, 0.3) is 0 Å². The first-order valence-corrected chi connectivity index (χ1v) is 5.17. The number of carbonyl (C=O) groups excluding carboxylic acids is 3. The summed E-state index contributed by atoms with van der Waals surface area (Å²) in [5.74, 6) is -2.51. The highest BCUT2D eigenvalue weighted by atomic mass is 16.5. The van der Waals surface area contributed by atoms with Crippen LogP contribution in [-0.4, -0.2) is 36.5 Å². The first kappa shape index (κ1) is 15.2. The summed E-state index contributed by atoms with van der Waals surface area (Å²) in [7, 11) is 0. The van der Waals surface area contributed by atoms with Gasteiger partial charge in [-0.2, -0.15) is 5.11 Å². The van der Waals surface area contributed by atoms with Gasteiger partial charge in [0.05, 0.1) is 13.2 Å². The molecule has 1 atom stereocenters. The molecule has 0 spiro atoms. The van der Waals surface area contributed by atoms with Crippen LogP contribution in [-0.2, 0) is 23.9 Å². The highest BCUT2D eigenvalue weighted by Crippen LogP contribution is 2.16. The third-order valence-corrected chi connectivity index (χ3v) is 2.05. The van der Waals surface area contributed by atoms with Gasteiger partial charge in [-0.15, -0.1) is 0 Å². The second-order valence-electron chi connectivity index (χ2n) is 3.31. The van der Waals surface area contributed by atoms with Gasteiger partial charge >= 0.3 is 11.9 Å². The Balaban J connectivity index is 4.75. The Labute approximate surface area is 99.0 Å². The number of nitrogens with zero attached hydrogens (tertiary/aromatic N) is 1. The summed E-state index contributed by atoms with van der Waals surface area (Å²) in [5.41, 5.74) is 4.92. The topological polar surface area (TPSA) is 106 Å². The molecule has 17 heavy (non-hydrogen) atoms. The second-order valence-corrected chi connectivity index (χ2v) is 3.31. The molecule has 0 amide bonds. The predicted molar refractivity (Wildman–Crippen MR) is 56.4 cm³/mol. The van der Waals surface area contributed by atoms with Gasteiger partial charge in [-0.05, 0) is 20.8 Å². The molecule has 0 aliphatic rings. The highest BCUT2D eigenvalue weighted by Gasteiger charge is 2.43. The predicted octanol–water partition coefficient (Wildman–Crippen LogP) is 0.861. The van der Waals surface area contributed by atoms with Gasteiger partial charge in [0, 0.05) is 0 Å². The van der Waals surface area contributed by atoms with Crippen molar-refractivity contribution in [2.45, 2.75) is 32.7 Å². The molecule has 1 N–H and O–H groups in total. The van der Waals surface area contributed by atoms with Gasteiger partial charge in [-0.25, -0.2) is 10.3 Å². The van der Waals surface area contributed by atoms with Crippen molar-refractivity contribution in [2.24, 2.45) is 5.11 Å². The number of Topliss-reactive ketones (excluding diaryl/α,β-unsaturated/α-hetero) is 1. The van der Waals surface area contributed by atoms with Crippen LogP contribution in [0.15, 0.2) is 5.11 Å². The van der Waals surface area contributed by atoms with Gasteiger partial charge in [0.1, 0.15) is 6.42 Å². The fourth-order valence-corrected chi connectivity index (χ4v) is 1.01. The van der Waals surface area contributed by atoms with Crippen molar-refractivity contribution in [1.82, 2.24) is 0 Å².